The van der Waals surface area contributed by atoms with Crippen LogP contribution in [-0.4, -0.2) is 50.1 Å². The van der Waals surface area contributed by atoms with Gasteiger partial charge in [0.05, 0.1) is 0 Å². The van der Waals surface area contributed by atoms with Crippen LogP contribution in [0.3, 0.4) is 0 Å². The molecule has 0 aromatic carbocycles. The number of rotatable bonds is 4. The maximum absolute atomic E-state index is 11.7. The number of hydrogen-bond acceptors (Lipinski definition) is 4. The Morgan fingerprint density at radius 3 is 1.65 bits per heavy atom. The van der Waals surface area contributed by atoms with E-state index >= 15 is 0 Å². The Bertz CT molecular complexity index is 324. The second-order valence-corrected chi connectivity index (χ2v) is 5.44. The number of carbonyl (C=O) groups excluding carboxylic acids is 2. The summed E-state index contributed by atoms with van der Waals surface area (Å²) >= 11 is 0. The first-order chi connectivity index (χ1) is 9.74. The molecule has 20 heavy (non-hydrogen) atoms. The molecular formula is C14H24N4O2. The zero-order chi connectivity index (χ0) is 14.2. The van der Waals surface area contributed by atoms with Gasteiger partial charge in [0.1, 0.15) is 0 Å². The van der Waals surface area contributed by atoms with Crippen molar-refractivity contribution in [2.75, 3.05) is 26.2 Å². The van der Waals surface area contributed by atoms with Gasteiger partial charge < -0.3 is 21.3 Å². The predicted molar refractivity (Wildman–Crippen MR) is 77.2 cm³/mol. The van der Waals surface area contributed by atoms with Gasteiger partial charge in [-0.25, -0.2) is 0 Å². The largest absolute Gasteiger partial charge is 0.349 e. The molecule has 112 valence electrons. The normalized spacial score (nSPS) is 27.2. The van der Waals surface area contributed by atoms with Crippen LogP contribution in [0.1, 0.15) is 25.7 Å². The van der Waals surface area contributed by atoms with Gasteiger partial charge in [0, 0.05) is 37.3 Å². The third-order valence-corrected chi connectivity index (χ3v) is 3.67. The van der Waals surface area contributed by atoms with Crippen LogP contribution in [-0.2, 0) is 9.59 Å². The molecule has 0 saturated carbocycles. The van der Waals surface area contributed by atoms with Gasteiger partial charge in [-0.3, -0.25) is 9.59 Å². The van der Waals surface area contributed by atoms with Crippen LogP contribution >= 0.6 is 0 Å². The Kier molecular flexibility index (Phi) is 6.01. The predicted octanol–water partition coefficient (Wildman–Crippen LogP) is -0.721. The maximum Gasteiger partial charge on any atom is 0.244 e. The van der Waals surface area contributed by atoms with E-state index in [9.17, 15) is 9.59 Å². The number of nitrogens with one attached hydrogen (secondary N) is 4. The number of amides is 2. The molecule has 2 atom stereocenters. The highest BCUT2D eigenvalue weighted by atomic mass is 16.2. The average Bonchev–Trinajstić information content (AvgIpc) is 2.47. The van der Waals surface area contributed by atoms with Crippen molar-refractivity contribution >= 4 is 11.8 Å². The molecule has 2 amide bonds. The van der Waals surface area contributed by atoms with Gasteiger partial charge in [-0.15, -0.1) is 0 Å². The zero-order valence-electron chi connectivity index (χ0n) is 11.8. The van der Waals surface area contributed by atoms with Crippen molar-refractivity contribution in [3.63, 3.8) is 0 Å². The van der Waals surface area contributed by atoms with Crippen LogP contribution in [0.4, 0.5) is 0 Å². The highest BCUT2D eigenvalue weighted by Gasteiger charge is 2.15. The molecule has 0 spiro atoms. The van der Waals surface area contributed by atoms with Crippen LogP contribution in [0.15, 0.2) is 12.2 Å². The summed E-state index contributed by atoms with van der Waals surface area (Å²) in [7, 11) is 0. The molecule has 0 aromatic rings. The summed E-state index contributed by atoms with van der Waals surface area (Å²) < 4.78 is 0. The summed E-state index contributed by atoms with van der Waals surface area (Å²) in [4.78, 5) is 23.4. The lowest BCUT2D eigenvalue weighted by atomic mass is 10.1. The summed E-state index contributed by atoms with van der Waals surface area (Å²) in [5.41, 5.74) is 0. The summed E-state index contributed by atoms with van der Waals surface area (Å²) in [6.45, 7) is 3.64. The average molecular weight is 280 g/mol. The minimum absolute atomic E-state index is 0.173. The first kappa shape index (κ1) is 15.0. The molecule has 0 radical (unpaired) electrons. The van der Waals surface area contributed by atoms with Gasteiger partial charge in [-0.1, -0.05) is 0 Å². The van der Waals surface area contributed by atoms with Gasteiger partial charge >= 0.3 is 0 Å². The van der Waals surface area contributed by atoms with Gasteiger partial charge in [-0.2, -0.15) is 0 Å². The van der Waals surface area contributed by atoms with Crippen molar-refractivity contribution in [3.05, 3.63) is 12.2 Å². The fraction of sp³-hybridized carbons (Fsp3) is 0.714. The van der Waals surface area contributed by atoms with Crippen molar-refractivity contribution in [1.82, 2.24) is 21.3 Å². The lowest BCUT2D eigenvalue weighted by molar-refractivity contribution is -0.119. The summed E-state index contributed by atoms with van der Waals surface area (Å²) in [5, 5.41) is 12.3. The van der Waals surface area contributed by atoms with Gasteiger partial charge in [0.25, 0.3) is 0 Å². The topological polar surface area (TPSA) is 82.3 Å². The third kappa shape index (κ3) is 5.30. The smallest absolute Gasteiger partial charge is 0.244 e. The Balaban J connectivity index is 1.67. The molecule has 0 aliphatic carbocycles. The van der Waals surface area contributed by atoms with E-state index in [1.807, 2.05) is 0 Å². The highest BCUT2D eigenvalue weighted by molar-refractivity contribution is 5.96. The molecule has 2 rings (SSSR count). The zero-order valence-corrected chi connectivity index (χ0v) is 11.8. The lowest BCUT2D eigenvalue weighted by Gasteiger charge is -2.23. The molecule has 2 unspecified atom stereocenters. The van der Waals surface area contributed by atoms with E-state index in [1.54, 1.807) is 0 Å². The second kappa shape index (κ2) is 8.01. The lowest BCUT2D eigenvalue weighted by Crippen LogP contribution is -2.46. The van der Waals surface area contributed by atoms with E-state index in [2.05, 4.69) is 21.3 Å². The van der Waals surface area contributed by atoms with Crippen LogP contribution in [0, 0.1) is 0 Å². The standard InChI is InChI=1S/C14H24N4O2/c19-13(17-11-3-1-7-15-9-11)5-6-14(20)18-12-4-2-8-16-10-12/h5-6,11-12,15-16H,1-4,7-10H2,(H,17,19)(H,18,20)/b6-5-. The van der Waals surface area contributed by atoms with Crippen molar-refractivity contribution in [3.8, 4) is 0 Å². The van der Waals surface area contributed by atoms with E-state index in [-0.39, 0.29) is 23.9 Å². The Labute approximate surface area is 119 Å². The van der Waals surface area contributed by atoms with Crippen molar-refractivity contribution < 1.29 is 9.59 Å². The summed E-state index contributed by atoms with van der Waals surface area (Å²) in [5.74, 6) is -0.397. The van der Waals surface area contributed by atoms with Crippen molar-refractivity contribution in [2.45, 2.75) is 37.8 Å². The molecular weight excluding hydrogens is 256 g/mol. The highest BCUT2D eigenvalue weighted by Crippen LogP contribution is 2.02. The summed E-state index contributed by atoms with van der Waals surface area (Å²) in [6, 6.07) is 0.345. The molecule has 6 nitrogen and oxygen atoms in total. The van der Waals surface area contributed by atoms with Crippen molar-refractivity contribution in [1.29, 1.82) is 0 Å². The van der Waals surface area contributed by atoms with Crippen LogP contribution < -0.4 is 21.3 Å². The Morgan fingerprint density at radius 2 is 1.30 bits per heavy atom. The van der Waals surface area contributed by atoms with Gasteiger partial charge in [0.2, 0.25) is 11.8 Å². The van der Waals surface area contributed by atoms with Crippen LogP contribution in [0.5, 0.6) is 0 Å². The minimum Gasteiger partial charge on any atom is -0.349 e. The minimum atomic E-state index is -0.199. The third-order valence-electron chi connectivity index (χ3n) is 3.67. The van der Waals surface area contributed by atoms with E-state index < -0.39 is 0 Å². The van der Waals surface area contributed by atoms with E-state index in [0.29, 0.717) is 0 Å². The molecule has 2 saturated heterocycles. The quantitative estimate of drug-likeness (QED) is 0.512. The molecule has 2 heterocycles. The Hall–Kier alpha value is -1.40. The van der Waals surface area contributed by atoms with Crippen LogP contribution in [0.25, 0.3) is 0 Å². The first-order valence-electron chi connectivity index (χ1n) is 7.44. The molecule has 0 aromatic heterocycles. The molecule has 2 aliphatic heterocycles. The number of carbonyl (C=O) groups is 2. The first-order valence-corrected chi connectivity index (χ1v) is 7.44. The van der Waals surface area contributed by atoms with Gasteiger partial charge in [0.15, 0.2) is 0 Å². The second-order valence-electron chi connectivity index (χ2n) is 5.44. The van der Waals surface area contributed by atoms with E-state index in [0.717, 1.165) is 51.9 Å². The monoisotopic (exact) mass is 280 g/mol. The van der Waals surface area contributed by atoms with Crippen LogP contribution in [0.2, 0.25) is 0 Å². The molecule has 6 heteroatoms. The molecule has 4 N–H and O–H groups in total. The summed E-state index contributed by atoms with van der Waals surface area (Å²) in [6.07, 6.45) is 6.77. The van der Waals surface area contributed by atoms with E-state index in [1.165, 1.54) is 12.2 Å². The maximum atomic E-state index is 11.7. The molecule has 2 fully saturated rings. The van der Waals surface area contributed by atoms with Gasteiger partial charge in [-0.05, 0) is 38.8 Å². The molecule has 0 bridgehead atoms. The number of hydrogen-bond donors (Lipinski definition) is 4. The van der Waals surface area contributed by atoms with E-state index in [4.69, 9.17) is 0 Å². The fourth-order valence-corrected chi connectivity index (χ4v) is 2.60. The van der Waals surface area contributed by atoms with Crippen molar-refractivity contribution in [2.24, 2.45) is 0 Å². The molecule has 2 aliphatic rings. The SMILES string of the molecule is O=C(/C=C\C(=O)NC1CCCNC1)NC1CCCNC1. The number of piperidine rings is 2. The fourth-order valence-electron chi connectivity index (χ4n) is 2.60. The Morgan fingerprint density at radius 1 is 0.850 bits per heavy atom.